The van der Waals surface area contributed by atoms with Gasteiger partial charge in [0.1, 0.15) is 11.3 Å². The fraction of sp³-hybridized carbons (Fsp3) is 0.0435. The van der Waals surface area contributed by atoms with E-state index < -0.39 is 0 Å². The fourth-order valence-corrected chi connectivity index (χ4v) is 2.72. The molecular formula is C23H18N2O2. The van der Waals surface area contributed by atoms with E-state index in [4.69, 9.17) is 9.15 Å². The normalized spacial score (nSPS) is 11.6. The second-order valence-electron chi connectivity index (χ2n) is 5.95. The topological polar surface area (TPSA) is 47.6 Å². The van der Waals surface area contributed by atoms with E-state index in [9.17, 15) is 0 Å². The van der Waals surface area contributed by atoms with Crippen molar-refractivity contribution in [3.8, 4) is 17.2 Å². The summed E-state index contributed by atoms with van der Waals surface area (Å²) in [5, 5.41) is 0. The number of aromatic nitrogens is 1. The number of benzene rings is 3. The van der Waals surface area contributed by atoms with Gasteiger partial charge in [0.25, 0.3) is 0 Å². The molecule has 4 rings (SSSR count). The van der Waals surface area contributed by atoms with Crippen molar-refractivity contribution in [2.45, 2.75) is 0 Å². The minimum atomic E-state index is 0.564. The predicted octanol–water partition coefficient (Wildman–Crippen LogP) is 5.92. The van der Waals surface area contributed by atoms with Gasteiger partial charge in [0.05, 0.1) is 12.8 Å². The van der Waals surface area contributed by atoms with Crippen molar-refractivity contribution < 1.29 is 9.15 Å². The quantitative estimate of drug-likeness (QED) is 0.418. The molecule has 0 aliphatic heterocycles. The third-order valence-corrected chi connectivity index (χ3v) is 4.09. The Kier molecular flexibility index (Phi) is 4.79. The minimum Gasteiger partial charge on any atom is -0.497 e. The molecule has 0 atom stereocenters. The molecule has 0 unspecified atom stereocenters. The summed E-state index contributed by atoms with van der Waals surface area (Å²) < 4.78 is 11.1. The molecule has 4 aromatic rings. The number of hydrogen-bond donors (Lipinski definition) is 0. The summed E-state index contributed by atoms with van der Waals surface area (Å²) in [6.07, 6.45) is 5.71. The van der Waals surface area contributed by atoms with E-state index in [2.05, 4.69) is 9.98 Å². The van der Waals surface area contributed by atoms with Crippen LogP contribution in [0.2, 0.25) is 0 Å². The highest BCUT2D eigenvalue weighted by atomic mass is 16.5. The zero-order valence-electron chi connectivity index (χ0n) is 14.9. The summed E-state index contributed by atoms with van der Waals surface area (Å²) in [5.74, 6) is 1.33. The molecule has 132 valence electrons. The van der Waals surface area contributed by atoms with Crippen molar-refractivity contribution in [1.82, 2.24) is 4.98 Å². The van der Waals surface area contributed by atoms with Gasteiger partial charge in [-0.05, 0) is 48.0 Å². The molecule has 0 spiro atoms. The zero-order chi connectivity index (χ0) is 18.5. The van der Waals surface area contributed by atoms with Crippen LogP contribution in [-0.2, 0) is 0 Å². The van der Waals surface area contributed by atoms with Gasteiger partial charge in [0.2, 0.25) is 5.89 Å². The largest absolute Gasteiger partial charge is 0.497 e. The summed E-state index contributed by atoms with van der Waals surface area (Å²) >= 11 is 0. The molecule has 0 bridgehead atoms. The monoisotopic (exact) mass is 354 g/mol. The van der Waals surface area contributed by atoms with Gasteiger partial charge in [-0.3, -0.25) is 4.99 Å². The van der Waals surface area contributed by atoms with Crippen LogP contribution in [0.3, 0.4) is 0 Å². The predicted molar refractivity (Wildman–Crippen MR) is 110 cm³/mol. The van der Waals surface area contributed by atoms with Crippen molar-refractivity contribution in [3.05, 3.63) is 84.4 Å². The third kappa shape index (κ3) is 3.96. The first kappa shape index (κ1) is 16.8. The molecule has 1 heterocycles. The van der Waals surface area contributed by atoms with Gasteiger partial charge in [-0.25, -0.2) is 4.98 Å². The Morgan fingerprint density at radius 2 is 1.85 bits per heavy atom. The van der Waals surface area contributed by atoms with Gasteiger partial charge in [-0.1, -0.05) is 42.5 Å². The number of methoxy groups -OCH3 is 1. The number of fused-ring (bicyclic) bond motifs is 1. The molecule has 3 aromatic carbocycles. The molecule has 4 heteroatoms. The van der Waals surface area contributed by atoms with E-state index >= 15 is 0 Å². The lowest BCUT2D eigenvalue weighted by Gasteiger charge is -2.00. The summed E-state index contributed by atoms with van der Waals surface area (Å²) in [6.45, 7) is 0. The highest BCUT2D eigenvalue weighted by molar-refractivity contribution is 5.83. The molecule has 0 aliphatic carbocycles. The summed E-state index contributed by atoms with van der Waals surface area (Å²) in [5.41, 5.74) is 4.34. The van der Waals surface area contributed by atoms with E-state index in [0.717, 1.165) is 33.7 Å². The first-order valence-electron chi connectivity index (χ1n) is 8.63. The van der Waals surface area contributed by atoms with Crippen molar-refractivity contribution in [1.29, 1.82) is 0 Å². The van der Waals surface area contributed by atoms with Crippen LogP contribution in [0.4, 0.5) is 5.69 Å². The standard InChI is InChI=1S/C23H18N2O2/c1-26-20-11-5-10-18(15-20)23-25-21-16-19(12-13-22(21)27-23)24-14-6-9-17-7-3-2-4-8-17/h2-16H,1H3. The highest BCUT2D eigenvalue weighted by Gasteiger charge is 2.09. The zero-order valence-corrected chi connectivity index (χ0v) is 14.9. The van der Waals surface area contributed by atoms with Gasteiger partial charge in [-0.2, -0.15) is 0 Å². The van der Waals surface area contributed by atoms with Crippen molar-refractivity contribution in [3.63, 3.8) is 0 Å². The summed E-state index contributed by atoms with van der Waals surface area (Å²) in [6, 6.07) is 23.5. The minimum absolute atomic E-state index is 0.564. The first-order valence-corrected chi connectivity index (χ1v) is 8.63. The maximum absolute atomic E-state index is 5.86. The molecule has 0 saturated carbocycles. The lowest BCUT2D eigenvalue weighted by molar-refractivity contribution is 0.415. The van der Waals surface area contributed by atoms with Crippen LogP contribution in [0, 0.1) is 0 Å². The number of aliphatic imine (C=N–C) groups is 1. The summed E-state index contributed by atoms with van der Waals surface area (Å²) in [4.78, 5) is 9.05. The fourth-order valence-electron chi connectivity index (χ4n) is 2.72. The van der Waals surface area contributed by atoms with E-state index in [1.165, 1.54) is 0 Å². The van der Waals surface area contributed by atoms with Crippen LogP contribution in [0.5, 0.6) is 5.75 Å². The second kappa shape index (κ2) is 7.70. The number of hydrogen-bond acceptors (Lipinski definition) is 4. The van der Waals surface area contributed by atoms with Crippen molar-refractivity contribution in [2.24, 2.45) is 4.99 Å². The average Bonchev–Trinajstić information content (AvgIpc) is 3.15. The van der Waals surface area contributed by atoms with E-state index in [-0.39, 0.29) is 0 Å². The van der Waals surface area contributed by atoms with Crippen LogP contribution < -0.4 is 4.74 Å². The number of oxazole rings is 1. The van der Waals surface area contributed by atoms with E-state index in [1.54, 1.807) is 13.3 Å². The Morgan fingerprint density at radius 1 is 0.963 bits per heavy atom. The van der Waals surface area contributed by atoms with Crippen LogP contribution in [0.15, 0.2) is 88.3 Å². The summed E-state index contributed by atoms with van der Waals surface area (Å²) in [7, 11) is 1.64. The molecule has 0 fully saturated rings. The van der Waals surface area contributed by atoms with Gasteiger partial charge in [0, 0.05) is 11.8 Å². The lowest BCUT2D eigenvalue weighted by atomic mass is 10.2. The Labute approximate surface area is 157 Å². The number of ether oxygens (including phenoxy) is 1. The molecule has 1 aromatic heterocycles. The van der Waals surface area contributed by atoms with Crippen molar-refractivity contribution >= 4 is 29.1 Å². The molecule has 0 amide bonds. The number of allylic oxidation sites excluding steroid dienone is 1. The Hall–Kier alpha value is -3.66. The van der Waals surface area contributed by atoms with Gasteiger partial charge >= 0.3 is 0 Å². The Balaban J connectivity index is 1.55. The Morgan fingerprint density at radius 3 is 2.70 bits per heavy atom. The van der Waals surface area contributed by atoms with Crippen LogP contribution >= 0.6 is 0 Å². The highest BCUT2D eigenvalue weighted by Crippen LogP contribution is 2.28. The SMILES string of the molecule is COc1cccc(-c2nc3cc(N=CC=Cc4ccccc4)ccc3o2)c1. The van der Waals surface area contributed by atoms with E-state index in [1.807, 2.05) is 84.9 Å². The van der Waals surface area contributed by atoms with Crippen LogP contribution in [0.1, 0.15) is 5.56 Å². The molecule has 27 heavy (non-hydrogen) atoms. The molecule has 4 nitrogen and oxygen atoms in total. The van der Waals surface area contributed by atoms with Crippen LogP contribution in [0.25, 0.3) is 28.6 Å². The molecule has 0 aliphatic rings. The average molecular weight is 354 g/mol. The van der Waals surface area contributed by atoms with Gasteiger partial charge in [0.15, 0.2) is 5.58 Å². The maximum Gasteiger partial charge on any atom is 0.227 e. The van der Waals surface area contributed by atoms with Crippen LogP contribution in [-0.4, -0.2) is 18.3 Å². The lowest BCUT2D eigenvalue weighted by Crippen LogP contribution is -1.83. The Bertz CT molecular complexity index is 1110. The molecule has 0 saturated heterocycles. The molecular weight excluding hydrogens is 336 g/mol. The second-order valence-corrected chi connectivity index (χ2v) is 5.95. The molecule has 0 radical (unpaired) electrons. The first-order chi connectivity index (χ1) is 13.3. The number of rotatable bonds is 5. The number of nitrogens with zero attached hydrogens (tertiary/aromatic N) is 2. The van der Waals surface area contributed by atoms with Gasteiger partial charge < -0.3 is 9.15 Å². The smallest absolute Gasteiger partial charge is 0.227 e. The van der Waals surface area contributed by atoms with Crippen molar-refractivity contribution in [2.75, 3.05) is 7.11 Å². The van der Waals surface area contributed by atoms with Gasteiger partial charge in [-0.15, -0.1) is 0 Å². The molecule has 0 N–H and O–H groups in total. The maximum atomic E-state index is 5.86. The third-order valence-electron chi connectivity index (χ3n) is 4.09. The van der Waals surface area contributed by atoms with E-state index in [0.29, 0.717) is 5.89 Å².